The zero-order chi connectivity index (χ0) is 15.8. The lowest BCUT2D eigenvalue weighted by molar-refractivity contribution is 0.260. The minimum Gasteiger partial charge on any atom is -0.357 e. The van der Waals surface area contributed by atoms with Gasteiger partial charge in [0.1, 0.15) is 0 Å². The van der Waals surface area contributed by atoms with Crippen LogP contribution in [0.2, 0.25) is 0 Å². The van der Waals surface area contributed by atoms with Gasteiger partial charge in [-0.15, -0.1) is 11.3 Å². The van der Waals surface area contributed by atoms with Crippen LogP contribution in [0.5, 0.6) is 0 Å². The molecule has 0 radical (unpaired) electrons. The fraction of sp³-hybridized carbons (Fsp3) is 0.706. The summed E-state index contributed by atoms with van der Waals surface area (Å²) in [5, 5.41) is 9.01. The highest BCUT2D eigenvalue weighted by Gasteiger charge is 2.16. The molecule has 1 aromatic rings. The van der Waals surface area contributed by atoms with Crippen LogP contribution in [0, 0.1) is 5.92 Å². The maximum atomic E-state index is 4.64. The maximum absolute atomic E-state index is 4.64. The molecule has 0 saturated heterocycles. The summed E-state index contributed by atoms with van der Waals surface area (Å²) in [4.78, 5) is 8.75. The highest BCUT2D eigenvalue weighted by molar-refractivity contribution is 7.10. The van der Waals surface area contributed by atoms with Gasteiger partial charge in [0, 0.05) is 44.1 Å². The molecule has 22 heavy (non-hydrogen) atoms. The van der Waals surface area contributed by atoms with Crippen LogP contribution in [0.4, 0.5) is 0 Å². The Morgan fingerprint density at radius 3 is 3.05 bits per heavy atom. The molecular weight excluding hydrogens is 292 g/mol. The molecule has 0 amide bonds. The molecule has 124 valence electrons. The number of thiophene rings is 1. The predicted octanol–water partition coefficient (Wildman–Crippen LogP) is 2.71. The van der Waals surface area contributed by atoms with Crippen molar-refractivity contribution >= 4 is 17.3 Å². The number of fused-ring (bicyclic) bond motifs is 1. The Bertz CT molecular complexity index is 467. The summed E-state index contributed by atoms with van der Waals surface area (Å²) < 4.78 is 0. The van der Waals surface area contributed by atoms with Crippen LogP contribution in [-0.2, 0) is 13.0 Å². The van der Waals surface area contributed by atoms with Gasteiger partial charge in [0.15, 0.2) is 5.96 Å². The van der Waals surface area contributed by atoms with E-state index in [1.54, 1.807) is 4.88 Å². The Hall–Kier alpha value is -1.07. The summed E-state index contributed by atoms with van der Waals surface area (Å²) in [6.07, 6.45) is 2.35. The van der Waals surface area contributed by atoms with E-state index in [0.717, 1.165) is 45.1 Å². The van der Waals surface area contributed by atoms with Crippen molar-refractivity contribution in [1.82, 2.24) is 15.5 Å². The summed E-state index contributed by atoms with van der Waals surface area (Å²) in [5.74, 6) is 1.66. The van der Waals surface area contributed by atoms with E-state index in [9.17, 15) is 0 Å². The van der Waals surface area contributed by atoms with Gasteiger partial charge in [-0.2, -0.15) is 0 Å². The molecular formula is C17H30N4S. The lowest BCUT2D eigenvalue weighted by atomic mass is 10.1. The molecule has 2 heterocycles. The zero-order valence-electron chi connectivity index (χ0n) is 14.2. The van der Waals surface area contributed by atoms with Crippen LogP contribution >= 0.6 is 11.3 Å². The molecule has 0 saturated carbocycles. The molecule has 0 aromatic carbocycles. The molecule has 0 unspecified atom stereocenters. The number of hydrogen-bond acceptors (Lipinski definition) is 3. The average molecular weight is 323 g/mol. The van der Waals surface area contributed by atoms with Gasteiger partial charge in [0.25, 0.3) is 0 Å². The van der Waals surface area contributed by atoms with E-state index < -0.39 is 0 Å². The smallest absolute Gasteiger partial charge is 0.191 e. The van der Waals surface area contributed by atoms with Gasteiger partial charge in [-0.25, -0.2) is 0 Å². The molecule has 0 atom stereocenters. The third-order valence-electron chi connectivity index (χ3n) is 3.93. The van der Waals surface area contributed by atoms with E-state index in [4.69, 9.17) is 0 Å². The molecule has 1 aromatic heterocycles. The minimum atomic E-state index is 0.708. The van der Waals surface area contributed by atoms with Crippen LogP contribution in [-0.4, -0.2) is 43.6 Å². The first-order chi connectivity index (χ1) is 10.7. The minimum absolute atomic E-state index is 0.708. The summed E-state index contributed by atoms with van der Waals surface area (Å²) >= 11 is 1.90. The first-order valence-electron chi connectivity index (χ1n) is 8.48. The van der Waals surface area contributed by atoms with Crippen LogP contribution in [0.1, 0.15) is 37.6 Å². The predicted molar refractivity (Wildman–Crippen MR) is 96.7 cm³/mol. The molecule has 0 bridgehead atoms. The SMILES string of the molecule is CCNC(=NCCC(C)C)NCCN1CCc2sccc2C1. The van der Waals surface area contributed by atoms with Gasteiger partial charge >= 0.3 is 0 Å². The Morgan fingerprint density at radius 1 is 1.41 bits per heavy atom. The van der Waals surface area contributed by atoms with E-state index in [2.05, 4.69) is 52.7 Å². The fourth-order valence-electron chi connectivity index (χ4n) is 2.61. The van der Waals surface area contributed by atoms with E-state index >= 15 is 0 Å². The van der Waals surface area contributed by atoms with Crippen LogP contribution in [0.15, 0.2) is 16.4 Å². The van der Waals surface area contributed by atoms with Crippen molar-refractivity contribution in [3.05, 3.63) is 21.9 Å². The van der Waals surface area contributed by atoms with Crippen molar-refractivity contribution in [3.8, 4) is 0 Å². The summed E-state index contributed by atoms with van der Waals surface area (Å²) in [7, 11) is 0. The summed E-state index contributed by atoms with van der Waals surface area (Å²) in [5.41, 5.74) is 1.52. The van der Waals surface area contributed by atoms with Crippen molar-refractivity contribution in [2.45, 2.75) is 40.2 Å². The van der Waals surface area contributed by atoms with Crippen LogP contribution in [0.25, 0.3) is 0 Å². The monoisotopic (exact) mass is 322 g/mol. The van der Waals surface area contributed by atoms with E-state index in [0.29, 0.717) is 5.92 Å². The average Bonchev–Trinajstić information content (AvgIpc) is 2.94. The Morgan fingerprint density at radius 2 is 2.27 bits per heavy atom. The van der Waals surface area contributed by atoms with Crippen molar-refractivity contribution < 1.29 is 0 Å². The normalized spacial score (nSPS) is 15.9. The number of nitrogens with zero attached hydrogens (tertiary/aromatic N) is 2. The first-order valence-corrected chi connectivity index (χ1v) is 9.36. The summed E-state index contributed by atoms with van der Waals surface area (Å²) in [6, 6.07) is 2.27. The molecule has 1 aliphatic rings. The van der Waals surface area contributed by atoms with Gasteiger partial charge in [0.05, 0.1) is 0 Å². The number of hydrogen-bond donors (Lipinski definition) is 2. The third kappa shape index (κ3) is 5.61. The van der Waals surface area contributed by atoms with E-state index in [-0.39, 0.29) is 0 Å². The quantitative estimate of drug-likeness (QED) is 0.599. The van der Waals surface area contributed by atoms with Gasteiger partial charge < -0.3 is 10.6 Å². The topological polar surface area (TPSA) is 39.7 Å². The standard InChI is InChI=1S/C17H30N4S/c1-4-18-17(19-8-5-14(2)3)20-9-11-21-10-6-16-15(13-21)7-12-22-16/h7,12,14H,4-6,8-11,13H2,1-3H3,(H2,18,19,20). The second-order valence-corrected chi connectivity index (χ2v) is 7.27. The molecule has 2 rings (SSSR count). The number of aliphatic imine (C=N–C) groups is 1. The Kier molecular flexibility index (Phi) is 7.19. The van der Waals surface area contributed by atoms with Gasteiger partial charge in [-0.1, -0.05) is 13.8 Å². The molecule has 2 N–H and O–H groups in total. The van der Waals surface area contributed by atoms with Crippen LogP contribution in [0.3, 0.4) is 0 Å². The number of guanidine groups is 1. The lowest BCUT2D eigenvalue weighted by Gasteiger charge is -2.27. The Labute approximate surface area is 139 Å². The first kappa shape index (κ1) is 17.3. The molecule has 0 spiro atoms. The van der Waals surface area contributed by atoms with E-state index in [1.807, 2.05) is 11.3 Å². The van der Waals surface area contributed by atoms with Gasteiger partial charge in [-0.05, 0) is 42.7 Å². The van der Waals surface area contributed by atoms with Crippen molar-refractivity contribution in [1.29, 1.82) is 0 Å². The largest absolute Gasteiger partial charge is 0.357 e. The number of nitrogens with one attached hydrogen (secondary N) is 2. The second-order valence-electron chi connectivity index (χ2n) is 6.27. The van der Waals surface area contributed by atoms with Crippen molar-refractivity contribution in [2.24, 2.45) is 10.9 Å². The molecule has 1 aliphatic heterocycles. The van der Waals surface area contributed by atoms with Crippen LogP contribution < -0.4 is 10.6 Å². The molecule has 0 aliphatic carbocycles. The molecule has 4 nitrogen and oxygen atoms in total. The van der Waals surface area contributed by atoms with Crippen molar-refractivity contribution in [2.75, 3.05) is 32.7 Å². The molecule has 0 fully saturated rings. The lowest BCUT2D eigenvalue weighted by Crippen LogP contribution is -2.42. The highest BCUT2D eigenvalue weighted by Crippen LogP contribution is 2.23. The van der Waals surface area contributed by atoms with Gasteiger partial charge in [-0.3, -0.25) is 9.89 Å². The number of rotatable bonds is 7. The second kappa shape index (κ2) is 9.16. The highest BCUT2D eigenvalue weighted by atomic mass is 32.1. The maximum Gasteiger partial charge on any atom is 0.191 e. The Balaban J connectivity index is 1.71. The third-order valence-corrected chi connectivity index (χ3v) is 4.95. The van der Waals surface area contributed by atoms with Gasteiger partial charge in [0.2, 0.25) is 0 Å². The zero-order valence-corrected chi connectivity index (χ0v) is 15.0. The van der Waals surface area contributed by atoms with Crippen molar-refractivity contribution in [3.63, 3.8) is 0 Å². The van der Waals surface area contributed by atoms with E-state index in [1.165, 1.54) is 18.5 Å². The summed E-state index contributed by atoms with van der Waals surface area (Å²) in [6.45, 7) is 12.7. The fourth-order valence-corrected chi connectivity index (χ4v) is 3.50. The molecule has 5 heteroatoms.